The fraction of sp³-hybridized carbons (Fsp3) is 0.500. The fourth-order valence-electron chi connectivity index (χ4n) is 2.22. The van der Waals surface area contributed by atoms with Crippen molar-refractivity contribution in [2.45, 2.75) is 39.0 Å². The standard InChI is InChI=1S/C16H20N2O4/c1-16(2,3)22-15(19)18-11-4-5-13-10(6-11)7-21-14(13)17-12-8-20-9-12/h4-6,12H,7-9H2,1-3H3,(H,18,19)/b17-14-. The first-order valence-corrected chi connectivity index (χ1v) is 7.32. The average Bonchev–Trinajstić information content (AvgIpc) is 2.73. The van der Waals surface area contributed by atoms with Crippen molar-refractivity contribution in [1.29, 1.82) is 0 Å². The lowest BCUT2D eigenvalue weighted by molar-refractivity contribution is 0.0123. The Morgan fingerprint density at radius 3 is 2.77 bits per heavy atom. The Labute approximate surface area is 129 Å². The Balaban J connectivity index is 1.70. The van der Waals surface area contributed by atoms with Crippen molar-refractivity contribution in [3.63, 3.8) is 0 Å². The second-order valence-electron chi connectivity index (χ2n) is 6.41. The minimum atomic E-state index is -0.519. The van der Waals surface area contributed by atoms with Gasteiger partial charge in [0.1, 0.15) is 18.2 Å². The Morgan fingerprint density at radius 1 is 1.36 bits per heavy atom. The molecule has 1 saturated heterocycles. The van der Waals surface area contributed by atoms with Crippen LogP contribution in [0.5, 0.6) is 0 Å². The second-order valence-corrected chi connectivity index (χ2v) is 6.41. The van der Waals surface area contributed by atoms with Gasteiger partial charge < -0.3 is 14.2 Å². The predicted molar refractivity (Wildman–Crippen MR) is 82.2 cm³/mol. The molecule has 0 saturated carbocycles. The Kier molecular flexibility index (Phi) is 3.78. The zero-order chi connectivity index (χ0) is 15.7. The van der Waals surface area contributed by atoms with Crippen LogP contribution in [-0.2, 0) is 20.8 Å². The van der Waals surface area contributed by atoms with E-state index in [2.05, 4.69) is 10.3 Å². The molecule has 0 unspecified atom stereocenters. The molecule has 22 heavy (non-hydrogen) atoms. The lowest BCUT2D eigenvalue weighted by Gasteiger charge is -2.22. The molecule has 0 aromatic heterocycles. The van der Waals surface area contributed by atoms with Crippen LogP contribution in [0, 0.1) is 0 Å². The molecule has 0 aliphatic carbocycles. The maximum absolute atomic E-state index is 11.8. The van der Waals surface area contributed by atoms with Crippen LogP contribution in [0.1, 0.15) is 31.9 Å². The second kappa shape index (κ2) is 5.61. The van der Waals surface area contributed by atoms with Crippen LogP contribution < -0.4 is 5.32 Å². The molecule has 1 amide bonds. The summed E-state index contributed by atoms with van der Waals surface area (Å²) in [6.07, 6.45) is -0.466. The normalized spacial score (nSPS) is 19.3. The van der Waals surface area contributed by atoms with Gasteiger partial charge in [0.25, 0.3) is 0 Å². The number of nitrogens with zero attached hydrogens (tertiary/aromatic N) is 1. The third kappa shape index (κ3) is 3.39. The van der Waals surface area contributed by atoms with Crippen LogP contribution in [0.15, 0.2) is 23.2 Å². The van der Waals surface area contributed by atoms with Gasteiger partial charge >= 0.3 is 6.09 Å². The summed E-state index contributed by atoms with van der Waals surface area (Å²) >= 11 is 0. The van der Waals surface area contributed by atoms with E-state index in [0.29, 0.717) is 31.4 Å². The van der Waals surface area contributed by atoms with Gasteiger partial charge in [-0.1, -0.05) is 0 Å². The number of aliphatic imine (C=N–C) groups is 1. The van der Waals surface area contributed by atoms with Crippen molar-refractivity contribution in [3.8, 4) is 0 Å². The number of rotatable bonds is 2. The summed E-state index contributed by atoms with van der Waals surface area (Å²) in [4.78, 5) is 16.3. The number of ether oxygens (including phenoxy) is 3. The van der Waals surface area contributed by atoms with E-state index in [0.717, 1.165) is 11.1 Å². The smallest absolute Gasteiger partial charge is 0.412 e. The zero-order valence-corrected chi connectivity index (χ0v) is 13.0. The summed E-state index contributed by atoms with van der Waals surface area (Å²) in [5.74, 6) is 0.659. The molecule has 3 rings (SSSR count). The topological polar surface area (TPSA) is 69.2 Å². The van der Waals surface area contributed by atoms with E-state index >= 15 is 0 Å². The van der Waals surface area contributed by atoms with Crippen LogP contribution in [0.2, 0.25) is 0 Å². The van der Waals surface area contributed by atoms with E-state index in [1.54, 1.807) is 0 Å². The van der Waals surface area contributed by atoms with Crippen LogP contribution in [-0.4, -0.2) is 36.8 Å². The highest BCUT2D eigenvalue weighted by molar-refractivity contribution is 5.98. The molecular formula is C16H20N2O4. The Morgan fingerprint density at radius 2 is 2.14 bits per heavy atom. The monoisotopic (exact) mass is 304 g/mol. The average molecular weight is 304 g/mol. The first-order valence-electron chi connectivity index (χ1n) is 7.32. The summed E-state index contributed by atoms with van der Waals surface area (Å²) in [7, 11) is 0. The molecule has 6 heteroatoms. The van der Waals surface area contributed by atoms with Gasteiger partial charge in [-0.05, 0) is 39.0 Å². The van der Waals surface area contributed by atoms with E-state index in [1.165, 1.54) is 0 Å². The maximum atomic E-state index is 11.8. The molecule has 1 fully saturated rings. The first-order chi connectivity index (χ1) is 10.4. The van der Waals surface area contributed by atoms with Gasteiger partial charge in [-0.25, -0.2) is 9.79 Å². The van der Waals surface area contributed by atoms with Gasteiger partial charge in [-0.15, -0.1) is 0 Å². The van der Waals surface area contributed by atoms with Gasteiger partial charge in [0.15, 0.2) is 0 Å². The molecule has 6 nitrogen and oxygen atoms in total. The number of hydrogen-bond donors (Lipinski definition) is 1. The van der Waals surface area contributed by atoms with E-state index in [-0.39, 0.29) is 6.04 Å². The van der Waals surface area contributed by atoms with Gasteiger partial charge in [0, 0.05) is 16.8 Å². The van der Waals surface area contributed by atoms with Crippen molar-refractivity contribution in [2.24, 2.45) is 4.99 Å². The minimum Gasteiger partial charge on any atom is -0.473 e. The van der Waals surface area contributed by atoms with Crippen LogP contribution in [0.4, 0.5) is 10.5 Å². The number of carbonyl (C=O) groups is 1. The molecule has 1 N–H and O–H groups in total. The van der Waals surface area contributed by atoms with E-state index in [4.69, 9.17) is 14.2 Å². The quantitative estimate of drug-likeness (QED) is 0.912. The number of fused-ring (bicyclic) bond motifs is 1. The number of carbonyl (C=O) groups excluding carboxylic acids is 1. The molecular weight excluding hydrogens is 284 g/mol. The molecule has 118 valence electrons. The predicted octanol–water partition coefficient (Wildman–Crippen LogP) is 2.71. The molecule has 0 atom stereocenters. The van der Waals surface area contributed by atoms with Crippen LogP contribution >= 0.6 is 0 Å². The molecule has 1 aromatic carbocycles. The summed E-state index contributed by atoms with van der Waals surface area (Å²) < 4.78 is 16.0. The minimum absolute atomic E-state index is 0.195. The highest BCUT2D eigenvalue weighted by Crippen LogP contribution is 2.25. The summed E-state index contributed by atoms with van der Waals surface area (Å²) in [5, 5.41) is 2.73. The Hall–Kier alpha value is -2.08. The van der Waals surface area contributed by atoms with E-state index in [9.17, 15) is 4.79 Å². The van der Waals surface area contributed by atoms with Crippen molar-refractivity contribution >= 4 is 17.7 Å². The number of amides is 1. The molecule has 2 heterocycles. The lowest BCUT2D eigenvalue weighted by atomic mass is 10.1. The van der Waals surface area contributed by atoms with Crippen molar-refractivity contribution < 1.29 is 19.0 Å². The largest absolute Gasteiger partial charge is 0.473 e. The number of nitrogens with one attached hydrogen (secondary N) is 1. The summed E-state index contributed by atoms with van der Waals surface area (Å²) in [5.41, 5.74) is 2.15. The maximum Gasteiger partial charge on any atom is 0.412 e. The molecule has 0 bridgehead atoms. The molecule has 0 radical (unpaired) electrons. The number of anilines is 1. The van der Waals surface area contributed by atoms with Gasteiger partial charge in [0.2, 0.25) is 5.90 Å². The summed E-state index contributed by atoms with van der Waals surface area (Å²) in [6.45, 7) is 7.26. The SMILES string of the molecule is CC(C)(C)OC(=O)Nc1ccc2c(c1)CO/C2=N\C1COC1. The molecule has 2 aliphatic rings. The zero-order valence-electron chi connectivity index (χ0n) is 13.0. The molecule has 2 aliphatic heterocycles. The van der Waals surface area contributed by atoms with Gasteiger partial charge in [-0.3, -0.25) is 5.32 Å². The molecule has 0 spiro atoms. The fourth-order valence-corrected chi connectivity index (χ4v) is 2.22. The number of benzene rings is 1. The third-order valence-corrected chi connectivity index (χ3v) is 3.27. The van der Waals surface area contributed by atoms with Crippen molar-refractivity contribution in [3.05, 3.63) is 29.3 Å². The van der Waals surface area contributed by atoms with Crippen molar-refractivity contribution in [2.75, 3.05) is 18.5 Å². The molecule has 1 aromatic rings. The van der Waals surface area contributed by atoms with Crippen molar-refractivity contribution in [1.82, 2.24) is 0 Å². The number of hydrogen-bond acceptors (Lipinski definition) is 5. The highest BCUT2D eigenvalue weighted by atomic mass is 16.6. The Bertz CT molecular complexity index is 615. The van der Waals surface area contributed by atoms with E-state index < -0.39 is 11.7 Å². The van der Waals surface area contributed by atoms with Crippen LogP contribution in [0.25, 0.3) is 0 Å². The first kappa shape index (κ1) is 14.8. The third-order valence-electron chi connectivity index (χ3n) is 3.27. The highest BCUT2D eigenvalue weighted by Gasteiger charge is 2.25. The van der Waals surface area contributed by atoms with Gasteiger partial charge in [0.05, 0.1) is 13.2 Å². The summed E-state index contributed by atoms with van der Waals surface area (Å²) in [6, 6.07) is 5.82. The lowest BCUT2D eigenvalue weighted by Crippen LogP contribution is -2.32. The van der Waals surface area contributed by atoms with E-state index in [1.807, 2.05) is 39.0 Å². The van der Waals surface area contributed by atoms with Crippen LogP contribution in [0.3, 0.4) is 0 Å². The van der Waals surface area contributed by atoms with Gasteiger partial charge in [-0.2, -0.15) is 0 Å².